The summed E-state index contributed by atoms with van der Waals surface area (Å²) < 4.78 is 0. The van der Waals surface area contributed by atoms with Crippen LogP contribution < -0.4 is 11.5 Å². The van der Waals surface area contributed by atoms with E-state index in [2.05, 4.69) is 0 Å². The molecule has 0 aliphatic heterocycles. The minimum absolute atomic E-state index is 0. The molecule has 1 aromatic carbocycles. The topological polar surface area (TPSA) is 52.0 Å². The molecule has 0 bridgehead atoms. The minimum atomic E-state index is -0.0174. The van der Waals surface area contributed by atoms with Crippen molar-refractivity contribution in [1.82, 2.24) is 0 Å². The Bertz CT molecular complexity index is 238. The molecular formula is C9H15ClN2. The van der Waals surface area contributed by atoms with Crippen LogP contribution in [0.25, 0.3) is 0 Å². The number of hydrogen-bond acceptors (Lipinski definition) is 2. The van der Waals surface area contributed by atoms with Gasteiger partial charge in [0.05, 0.1) is 0 Å². The van der Waals surface area contributed by atoms with Gasteiger partial charge in [0.25, 0.3) is 0 Å². The highest BCUT2D eigenvalue weighted by molar-refractivity contribution is 5.85. The van der Waals surface area contributed by atoms with Crippen LogP contribution in [0.5, 0.6) is 0 Å². The van der Waals surface area contributed by atoms with Crippen molar-refractivity contribution in [2.45, 2.75) is 13.0 Å². The molecule has 0 radical (unpaired) electrons. The molecule has 0 fully saturated rings. The molecule has 0 aliphatic carbocycles. The molecule has 1 atom stereocenters. The largest absolute Gasteiger partial charge is 0.329 e. The first-order valence-corrected chi connectivity index (χ1v) is 3.77. The molecule has 0 saturated carbocycles. The lowest BCUT2D eigenvalue weighted by molar-refractivity contribution is 0.732. The van der Waals surface area contributed by atoms with Crippen molar-refractivity contribution in [2.75, 3.05) is 6.54 Å². The Morgan fingerprint density at radius 2 is 1.92 bits per heavy atom. The Hall–Kier alpha value is -0.570. The average molecular weight is 187 g/mol. The summed E-state index contributed by atoms with van der Waals surface area (Å²) >= 11 is 0. The van der Waals surface area contributed by atoms with Crippen molar-refractivity contribution in [2.24, 2.45) is 11.5 Å². The summed E-state index contributed by atoms with van der Waals surface area (Å²) in [6.45, 7) is 2.55. The fraction of sp³-hybridized carbons (Fsp3) is 0.333. The van der Waals surface area contributed by atoms with Gasteiger partial charge >= 0.3 is 0 Å². The lowest BCUT2D eigenvalue weighted by atomic mass is 10.0. The molecule has 4 N–H and O–H groups in total. The number of hydrogen-bond donors (Lipinski definition) is 2. The zero-order valence-corrected chi connectivity index (χ0v) is 7.97. The van der Waals surface area contributed by atoms with Gasteiger partial charge in [0.1, 0.15) is 0 Å². The van der Waals surface area contributed by atoms with E-state index in [1.165, 1.54) is 5.56 Å². The minimum Gasteiger partial charge on any atom is -0.329 e. The maximum atomic E-state index is 5.77. The number of halogens is 1. The fourth-order valence-electron chi connectivity index (χ4n) is 1.13. The van der Waals surface area contributed by atoms with Crippen molar-refractivity contribution >= 4 is 12.4 Å². The van der Waals surface area contributed by atoms with E-state index >= 15 is 0 Å². The second-order valence-corrected chi connectivity index (χ2v) is 2.70. The summed E-state index contributed by atoms with van der Waals surface area (Å²) in [5.41, 5.74) is 13.6. The van der Waals surface area contributed by atoms with Crippen molar-refractivity contribution < 1.29 is 0 Å². The summed E-state index contributed by atoms with van der Waals surface area (Å²) in [7, 11) is 0. The number of benzene rings is 1. The Labute approximate surface area is 79.4 Å². The summed E-state index contributed by atoms with van der Waals surface area (Å²) in [6.07, 6.45) is 0. The molecule has 0 saturated heterocycles. The zero-order chi connectivity index (χ0) is 8.27. The first-order chi connectivity index (χ1) is 5.25. The third-order valence-electron chi connectivity index (χ3n) is 1.84. The van der Waals surface area contributed by atoms with Crippen molar-refractivity contribution in [1.29, 1.82) is 0 Å². The lowest BCUT2D eigenvalue weighted by Gasteiger charge is -2.11. The molecule has 3 heteroatoms. The van der Waals surface area contributed by atoms with E-state index in [-0.39, 0.29) is 18.4 Å². The van der Waals surface area contributed by atoms with Crippen LogP contribution in [0.4, 0.5) is 0 Å². The van der Waals surface area contributed by atoms with Crippen LogP contribution in [0.1, 0.15) is 17.2 Å². The second kappa shape index (κ2) is 5.14. The van der Waals surface area contributed by atoms with Gasteiger partial charge in [0.2, 0.25) is 0 Å². The highest BCUT2D eigenvalue weighted by Crippen LogP contribution is 2.13. The Morgan fingerprint density at radius 3 is 2.42 bits per heavy atom. The van der Waals surface area contributed by atoms with Crippen molar-refractivity contribution in [3.63, 3.8) is 0 Å². The third-order valence-corrected chi connectivity index (χ3v) is 1.84. The number of nitrogens with two attached hydrogens (primary N) is 2. The summed E-state index contributed by atoms with van der Waals surface area (Å²) in [6, 6.07) is 8.04. The molecule has 0 aromatic heterocycles. The molecule has 1 unspecified atom stereocenters. The van der Waals surface area contributed by atoms with E-state index in [1.807, 2.05) is 31.2 Å². The second-order valence-electron chi connectivity index (χ2n) is 2.70. The van der Waals surface area contributed by atoms with E-state index < -0.39 is 0 Å². The predicted octanol–water partition coefficient (Wildman–Crippen LogP) is 1.38. The highest BCUT2D eigenvalue weighted by atomic mass is 35.5. The van der Waals surface area contributed by atoms with Gasteiger partial charge in [0, 0.05) is 12.6 Å². The molecule has 0 spiro atoms. The fourth-order valence-corrected chi connectivity index (χ4v) is 1.13. The maximum absolute atomic E-state index is 5.77. The zero-order valence-electron chi connectivity index (χ0n) is 7.16. The monoisotopic (exact) mass is 186 g/mol. The van der Waals surface area contributed by atoms with Crippen LogP contribution in [0.2, 0.25) is 0 Å². The molecule has 68 valence electrons. The molecule has 1 rings (SSSR count). The van der Waals surface area contributed by atoms with Gasteiger partial charge in [-0.05, 0) is 18.1 Å². The van der Waals surface area contributed by atoms with E-state index in [9.17, 15) is 0 Å². The Kier molecular flexibility index (Phi) is 4.90. The number of rotatable bonds is 2. The van der Waals surface area contributed by atoms with E-state index in [0.717, 1.165) is 5.56 Å². The van der Waals surface area contributed by atoms with Gasteiger partial charge in [-0.3, -0.25) is 0 Å². The molecule has 0 aliphatic rings. The molecule has 2 nitrogen and oxygen atoms in total. The smallest absolute Gasteiger partial charge is 0.0422 e. The van der Waals surface area contributed by atoms with Gasteiger partial charge in [-0.15, -0.1) is 12.4 Å². The van der Waals surface area contributed by atoms with Gasteiger partial charge in [-0.1, -0.05) is 24.3 Å². The van der Waals surface area contributed by atoms with Crippen LogP contribution in [0.15, 0.2) is 24.3 Å². The first kappa shape index (κ1) is 11.4. The van der Waals surface area contributed by atoms with Crippen LogP contribution in [0.3, 0.4) is 0 Å². The summed E-state index contributed by atoms with van der Waals surface area (Å²) in [4.78, 5) is 0. The summed E-state index contributed by atoms with van der Waals surface area (Å²) in [5.74, 6) is 0. The standard InChI is InChI=1S/C9H14N2.ClH/c1-7-4-2-3-5-8(7)9(11)6-10;/h2-5,9H,6,10-11H2,1H3;1H. The molecule has 12 heavy (non-hydrogen) atoms. The quantitative estimate of drug-likeness (QED) is 0.733. The van der Waals surface area contributed by atoms with Gasteiger partial charge in [0.15, 0.2) is 0 Å². The molecule has 0 amide bonds. The third kappa shape index (κ3) is 2.48. The maximum Gasteiger partial charge on any atom is 0.0422 e. The van der Waals surface area contributed by atoms with Crippen LogP contribution >= 0.6 is 12.4 Å². The van der Waals surface area contributed by atoms with E-state index in [4.69, 9.17) is 11.5 Å². The molecule has 1 aromatic rings. The van der Waals surface area contributed by atoms with E-state index in [0.29, 0.717) is 6.54 Å². The highest BCUT2D eigenvalue weighted by Gasteiger charge is 2.04. The van der Waals surface area contributed by atoms with Crippen molar-refractivity contribution in [3.05, 3.63) is 35.4 Å². The molecular weight excluding hydrogens is 172 g/mol. The van der Waals surface area contributed by atoms with Crippen LogP contribution in [-0.2, 0) is 0 Å². The van der Waals surface area contributed by atoms with Crippen molar-refractivity contribution in [3.8, 4) is 0 Å². The van der Waals surface area contributed by atoms with Gasteiger partial charge in [-0.25, -0.2) is 0 Å². The molecule has 0 heterocycles. The normalized spacial score (nSPS) is 11.9. The Morgan fingerprint density at radius 1 is 1.33 bits per heavy atom. The van der Waals surface area contributed by atoms with Gasteiger partial charge < -0.3 is 11.5 Å². The lowest BCUT2D eigenvalue weighted by Crippen LogP contribution is -2.21. The SMILES string of the molecule is Cc1ccccc1C(N)CN.Cl. The average Bonchev–Trinajstić information content (AvgIpc) is 2.04. The summed E-state index contributed by atoms with van der Waals surface area (Å²) in [5, 5.41) is 0. The Balaban J connectivity index is 0.00000121. The number of aryl methyl sites for hydroxylation is 1. The van der Waals surface area contributed by atoms with Crippen LogP contribution in [-0.4, -0.2) is 6.54 Å². The predicted molar refractivity (Wildman–Crippen MR) is 54.4 cm³/mol. The van der Waals surface area contributed by atoms with Gasteiger partial charge in [-0.2, -0.15) is 0 Å². The first-order valence-electron chi connectivity index (χ1n) is 3.77. The van der Waals surface area contributed by atoms with Crippen LogP contribution in [0, 0.1) is 6.92 Å². The van der Waals surface area contributed by atoms with E-state index in [1.54, 1.807) is 0 Å².